The summed E-state index contributed by atoms with van der Waals surface area (Å²) in [7, 11) is 0. The average Bonchev–Trinajstić information content (AvgIpc) is 2.83. The number of carbonyl (C=O) groups is 2. The molecule has 4 nitrogen and oxygen atoms in total. The van der Waals surface area contributed by atoms with Crippen molar-refractivity contribution in [1.82, 2.24) is 4.98 Å². The lowest BCUT2D eigenvalue weighted by molar-refractivity contribution is -0.137. The number of carboxylic acids is 1. The number of aromatic nitrogens is 1. The largest absolute Gasteiger partial charge is 0.476 e. The van der Waals surface area contributed by atoms with Crippen LogP contribution >= 0.6 is 11.3 Å². The van der Waals surface area contributed by atoms with Crippen LogP contribution in [-0.4, -0.2) is 21.8 Å². The van der Waals surface area contributed by atoms with E-state index in [1.165, 1.54) is 19.1 Å². The minimum Gasteiger partial charge on any atom is -0.476 e. The number of carbonyl (C=O) groups excluding carboxylic acids is 1. The Morgan fingerprint density at radius 2 is 1.95 bits per heavy atom. The van der Waals surface area contributed by atoms with Gasteiger partial charge in [0, 0.05) is 12.5 Å². The summed E-state index contributed by atoms with van der Waals surface area (Å²) in [5.74, 6) is -1.89. The normalized spacial score (nSPS) is 11.4. The molecular weight excluding hydrogens is 307 g/mol. The number of nitrogens with zero attached hydrogens (tertiary/aromatic N) is 1. The molecule has 1 heterocycles. The van der Waals surface area contributed by atoms with Gasteiger partial charge in [-0.1, -0.05) is 12.1 Å². The fourth-order valence-corrected chi connectivity index (χ4v) is 2.60. The van der Waals surface area contributed by atoms with Gasteiger partial charge in [-0.2, -0.15) is 13.2 Å². The number of rotatable bonds is 3. The first-order valence-electron chi connectivity index (χ1n) is 5.63. The van der Waals surface area contributed by atoms with Crippen molar-refractivity contribution in [2.75, 3.05) is 0 Å². The highest BCUT2D eigenvalue weighted by Crippen LogP contribution is 2.34. The Bertz CT molecular complexity index is 690. The highest BCUT2D eigenvalue weighted by Gasteiger charge is 2.31. The third-order valence-electron chi connectivity index (χ3n) is 2.59. The summed E-state index contributed by atoms with van der Waals surface area (Å²) in [4.78, 5) is 26.0. The molecule has 0 aliphatic carbocycles. The molecule has 0 aliphatic heterocycles. The second-order valence-electron chi connectivity index (χ2n) is 4.14. The molecule has 1 N–H and O–H groups in total. The van der Waals surface area contributed by atoms with E-state index in [0.717, 1.165) is 23.5 Å². The number of ketones is 1. The Morgan fingerprint density at radius 3 is 2.43 bits per heavy atom. The fraction of sp³-hybridized carbons (Fsp3) is 0.154. The molecule has 0 atom stereocenters. The van der Waals surface area contributed by atoms with E-state index in [4.69, 9.17) is 5.11 Å². The molecule has 0 saturated heterocycles. The fourth-order valence-electron chi connectivity index (χ4n) is 1.66. The Kier molecular flexibility index (Phi) is 3.82. The van der Waals surface area contributed by atoms with Gasteiger partial charge in [-0.3, -0.25) is 4.79 Å². The number of thiazole rings is 1. The summed E-state index contributed by atoms with van der Waals surface area (Å²) >= 11 is 0.760. The van der Waals surface area contributed by atoms with Crippen LogP contribution in [0.15, 0.2) is 24.3 Å². The van der Waals surface area contributed by atoms with Crippen molar-refractivity contribution < 1.29 is 27.9 Å². The summed E-state index contributed by atoms with van der Waals surface area (Å²) in [6.45, 7) is 1.18. The van der Waals surface area contributed by atoms with Gasteiger partial charge in [0.1, 0.15) is 9.88 Å². The molecule has 0 fully saturated rings. The first-order chi connectivity index (χ1) is 9.70. The van der Waals surface area contributed by atoms with Gasteiger partial charge in [-0.15, -0.1) is 11.3 Å². The number of hydrogen-bond acceptors (Lipinski definition) is 4. The van der Waals surface area contributed by atoms with Crippen molar-refractivity contribution in [2.45, 2.75) is 13.1 Å². The topological polar surface area (TPSA) is 67.3 Å². The van der Waals surface area contributed by atoms with Crippen molar-refractivity contribution in [1.29, 1.82) is 0 Å². The molecule has 21 heavy (non-hydrogen) atoms. The number of benzene rings is 1. The number of carboxylic acid groups (broad SMARTS) is 1. The van der Waals surface area contributed by atoms with Crippen LogP contribution in [0.3, 0.4) is 0 Å². The lowest BCUT2D eigenvalue weighted by Gasteiger charge is -2.07. The highest BCUT2D eigenvalue weighted by molar-refractivity contribution is 7.17. The van der Waals surface area contributed by atoms with Crippen LogP contribution in [0.2, 0.25) is 0 Å². The predicted octanol–water partition coefficient (Wildman–Crippen LogP) is 3.73. The van der Waals surface area contributed by atoms with Gasteiger partial charge in [0.15, 0.2) is 11.5 Å². The van der Waals surface area contributed by atoms with E-state index < -0.39 is 29.2 Å². The summed E-state index contributed by atoms with van der Waals surface area (Å²) in [6.07, 6.45) is -4.51. The zero-order chi connectivity index (χ0) is 15.8. The van der Waals surface area contributed by atoms with E-state index in [1.807, 2.05) is 0 Å². The third-order valence-corrected chi connectivity index (χ3v) is 3.79. The monoisotopic (exact) mass is 315 g/mol. The van der Waals surface area contributed by atoms with Gasteiger partial charge in [0.25, 0.3) is 0 Å². The van der Waals surface area contributed by atoms with Crippen molar-refractivity contribution in [3.8, 4) is 10.6 Å². The molecule has 110 valence electrons. The van der Waals surface area contributed by atoms with E-state index in [-0.39, 0.29) is 15.4 Å². The van der Waals surface area contributed by atoms with Crippen LogP contribution in [0.25, 0.3) is 10.6 Å². The molecule has 2 aromatic rings. The van der Waals surface area contributed by atoms with Crippen molar-refractivity contribution >= 4 is 23.1 Å². The van der Waals surface area contributed by atoms with Crippen LogP contribution in [-0.2, 0) is 6.18 Å². The molecule has 0 amide bonds. The number of alkyl halides is 3. The highest BCUT2D eigenvalue weighted by atomic mass is 32.1. The Morgan fingerprint density at radius 1 is 1.29 bits per heavy atom. The molecule has 0 saturated carbocycles. The predicted molar refractivity (Wildman–Crippen MR) is 69.5 cm³/mol. The van der Waals surface area contributed by atoms with E-state index >= 15 is 0 Å². The Balaban J connectivity index is 2.55. The van der Waals surface area contributed by atoms with Gasteiger partial charge >= 0.3 is 12.1 Å². The van der Waals surface area contributed by atoms with Crippen LogP contribution < -0.4 is 0 Å². The molecule has 1 aromatic carbocycles. The van der Waals surface area contributed by atoms with E-state index in [0.29, 0.717) is 0 Å². The van der Waals surface area contributed by atoms with Crippen LogP contribution in [0.4, 0.5) is 13.2 Å². The number of aromatic carboxylic acids is 1. The standard InChI is InChI=1S/C13H8F3NO3S/c1-6(18)10-9(12(19)20)17-11(21-10)7-3-2-4-8(5-7)13(14,15)16/h2-5H,1H3,(H,19,20). The van der Waals surface area contributed by atoms with Gasteiger partial charge in [-0.05, 0) is 12.1 Å². The van der Waals surface area contributed by atoms with Gasteiger partial charge in [0.05, 0.1) is 5.56 Å². The zero-order valence-corrected chi connectivity index (χ0v) is 11.4. The van der Waals surface area contributed by atoms with Gasteiger partial charge < -0.3 is 5.11 Å². The quantitative estimate of drug-likeness (QED) is 0.876. The minimum atomic E-state index is -4.51. The molecule has 2 rings (SSSR count). The summed E-state index contributed by atoms with van der Waals surface area (Å²) < 4.78 is 38.0. The second-order valence-corrected chi connectivity index (χ2v) is 5.14. The molecule has 0 radical (unpaired) electrons. The molecule has 0 spiro atoms. The van der Waals surface area contributed by atoms with Crippen LogP contribution in [0.5, 0.6) is 0 Å². The van der Waals surface area contributed by atoms with E-state index in [9.17, 15) is 22.8 Å². The van der Waals surface area contributed by atoms with Crippen molar-refractivity contribution in [2.24, 2.45) is 0 Å². The van der Waals surface area contributed by atoms with E-state index in [1.54, 1.807) is 0 Å². The van der Waals surface area contributed by atoms with E-state index in [2.05, 4.69) is 4.98 Å². The molecular formula is C13H8F3NO3S. The van der Waals surface area contributed by atoms with Crippen molar-refractivity contribution in [3.05, 3.63) is 40.4 Å². The van der Waals surface area contributed by atoms with Crippen LogP contribution in [0, 0.1) is 0 Å². The van der Waals surface area contributed by atoms with Crippen LogP contribution in [0.1, 0.15) is 32.6 Å². The van der Waals surface area contributed by atoms with Crippen molar-refractivity contribution in [3.63, 3.8) is 0 Å². The molecule has 0 aliphatic rings. The Hall–Kier alpha value is -2.22. The maximum atomic E-state index is 12.7. The molecule has 1 aromatic heterocycles. The molecule has 0 unspecified atom stereocenters. The minimum absolute atomic E-state index is 0.0590. The first-order valence-corrected chi connectivity index (χ1v) is 6.44. The lowest BCUT2D eigenvalue weighted by atomic mass is 10.1. The second kappa shape index (κ2) is 5.28. The number of Topliss-reactive ketones (excluding diaryl/α,β-unsaturated/α-hetero) is 1. The zero-order valence-electron chi connectivity index (χ0n) is 10.6. The summed E-state index contributed by atoms with van der Waals surface area (Å²) in [5.41, 5.74) is -1.19. The molecule has 0 bridgehead atoms. The third kappa shape index (κ3) is 3.10. The Labute approximate surface area is 120 Å². The lowest BCUT2D eigenvalue weighted by Crippen LogP contribution is -2.04. The first kappa shape index (κ1) is 15.2. The average molecular weight is 315 g/mol. The molecule has 8 heteroatoms. The SMILES string of the molecule is CC(=O)c1sc(-c2cccc(C(F)(F)F)c2)nc1C(=O)O. The van der Waals surface area contributed by atoms with Gasteiger partial charge in [0.2, 0.25) is 0 Å². The maximum Gasteiger partial charge on any atom is 0.416 e. The smallest absolute Gasteiger partial charge is 0.416 e. The number of halogens is 3. The summed E-state index contributed by atoms with van der Waals surface area (Å²) in [5, 5.41) is 9.03. The van der Waals surface area contributed by atoms with Gasteiger partial charge in [-0.25, -0.2) is 9.78 Å². The maximum absolute atomic E-state index is 12.7. The summed E-state index contributed by atoms with van der Waals surface area (Å²) in [6, 6.07) is 4.35. The number of hydrogen-bond donors (Lipinski definition) is 1.